The second-order valence-corrected chi connectivity index (χ2v) is 6.88. The zero-order valence-corrected chi connectivity index (χ0v) is 16.5. The second kappa shape index (κ2) is 9.04. The molecule has 158 valence electrons. The number of aliphatic carboxylic acids is 1. The van der Waals surface area contributed by atoms with E-state index in [4.69, 9.17) is 32.3 Å². The van der Waals surface area contributed by atoms with E-state index in [1.165, 1.54) is 0 Å². The van der Waals surface area contributed by atoms with Crippen molar-refractivity contribution in [3.63, 3.8) is 0 Å². The number of nitrogens with one attached hydrogen (secondary N) is 2. The Morgan fingerprint density at radius 2 is 1.65 bits per heavy atom. The third-order valence-corrected chi connectivity index (χ3v) is 4.88. The molecular formula is C22H21N5O4. The van der Waals surface area contributed by atoms with Gasteiger partial charge < -0.3 is 21.3 Å². The van der Waals surface area contributed by atoms with E-state index in [1.54, 1.807) is 48.5 Å². The third-order valence-electron chi connectivity index (χ3n) is 4.88. The highest BCUT2D eigenvalue weighted by Gasteiger charge is 2.29. The topological polar surface area (TPSA) is 176 Å². The number of amides is 1. The van der Waals surface area contributed by atoms with Crippen LogP contribution in [-0.2, 0) is 20.7 Å². The Kier molecular flexibility index (Phi) is 6.25. The maximum absolute atomic E-state index is 12.5. The van der Waals surface area contributed by atoms with Crippen molar-refractivity contribution >= 4 is 28.9 Å². The van der Waals surface area contributed by atoms with E-state index in [-0.39, 0.29) is 35.9 Å². The molecule has 1 amide bonds. The number of hydrogen-bond acceptors (Lipinski definition) is 6. The van der Waals surface area contributed by atoms with E-state index < -0.39 is 11.9 Å². The van der Waals surface area contributed by atoms with Gasteiger partial charge in [-0.25, -0.2) is 5.53 Å². The molecule has 2 aromatic carbocycles. The molecule has 1 aliphatic rings. The monoisotopic (exact) mass is 419 g/mol. The van der Waals surface area contributed by atoms with E-state index in [9.17, 15) is 9.59 Å². The van der Waals surface area contributed by atoms with Crippen LogP contribution in [0.3, 0.4) is 0 Å². The smallest absolute Gasteiger partial charge is 0.303 e. The molecule has 0 aromatic heterocycles. The molecule has 0 atom stereocenters. The minimum atomic E-state index is -0.874. The summed E-state index contributed by atoms with van der Waals surface area (Å²) in [4.78, 5) is 23.2. The third kappa shape index (κ3) is 4.67. The summed E-state index contributed by atoms with van der Waals surface area (Å²) < 4.78 is 5.64. The van der Waals surface area contributed by atoms with Gasteiger partial charge >= 0.3 is 5.97 Å². The number of ether oxygens (including phenoxy) is 1. The van der Waals surface area contributed by atoms with Crippen molar-refractivity contribution in [2.75, 3.05) is 6.61 Å². The first kappa shape index (κ1) is 21.4. The van der Waals surface area contributed by atoms with E-state index in [1.807, 2.05) is 0 Å². The number of carboxylic acids is 1. The molecule has 0 bridgehead atoms. The van der Waals surface area contributed by atoms with Crippen molar-refractivity contribution in [3.8, 4) is 0 Å². The van der Waals surface area contributed by atoms with Crippen LogP contribution < -0.4 is 11.5 Å². The SMILES string of the molecule is N=NC1=C(c2ccc(C(=N)N)cc2)C(C(N)=O)=C(c2ccc(CCC(=O)O)cc2)CO1. The van der Waals surface area contributed by atoms with E-state index >= 15 is 0 Å². The zero-order chi connectivity index (χ0) is 22.5. The molecule has 0 saturated carbocycles. The van der Waals surface area contributed by atoms with Crippen LogP contribution in [0.2, 0.25) is 0 Å². The molecule has 9 heteroatoms. The highest BCUT2D eigenvalue weighted by molar-refractivity contribution is 6.15. The summed E-state index contributed by atoms with van der Waals surface area (Å²) in [6.07, 6.45) is 0.415. The largest absolute Gasteiger partial charge is 0.481 e. The molecular weight excluding hydrogens is 398 g/mol. The molecule has 0 spiro atoms. The molecule has 0 radical (unpaired) electrons. The van der Waals surface area contributed by atoms with Crippen molar-refractivity contribution in [3.05, 3.63) is 82.2 Å². The lowest BCUT2D eigenvalue weighted by molar-refractivity contribution is -0.137. The molecule has 2 aromatic rings. The molecule has 9 nitrogen and oxygen atoms in total. The van der Waals surface area contributed by atoms with Gasteiger partial charge in [0.1, 0.15) is 12.4 Å². The van der Waals surface area contributed by atoms with Crippen LogP contribution in [0, 0.1) is 10.9 Å². The van der Waals surface area contributed by atoms with E-state index in [0.29, 0.717) is 28.7 Å². The van der Waals surface area contributed by atoms with Gasteiger partial charge in [0, 0.05) is 17.6 Å². The van der Waals surface area contributed by atoms with E-state index in [0.717, 1.165) is 5.56 Å². The molecule has 1 heterocycles. The minimum absolute atomic E-state index is 0.000507. The van der Waals surface area contributed by atoms with Crippen molar-refractivity contribution in [2.45, 2.75) is 12.8 Å². The molecule has 3 rings (SSSR count). The van der Waals surface area contributed by atoms with Crippen molar-refractivity contribution in [1.29, 1.82) is 10.9 Å². The summed E-state index contributed by atoms with van der Waals surface area (Å²) >= 11 is 0. The molecule has 0 unspecified atom stereocenters. The Bertz CT molecular complexity index is 1120. The van der Waals surface area contributed by atoms with Crippen LogP contribution >= 0.6 is 0 Å². The van der Waals surface area contributed by atoms with Crippen molar-refractivity contribution in [1.82, 2.24) is 0 Å². The predicted molar refractivity (Wildman–Crippen MR) is 114 cm³/mol. The predicted octanol–water partition coefficient (Wildman–Crippen LogP) is 2.66. The van der Waals surface area contributed by atoms with Gasteiger partial charge in [-0.1, -0.05) is 48.5 Å². The van der Waals surface area contributed by atoms with Gasteiger partial charge in [0.05, 0.1) is 11.1 Å². The number of nitrogens with two attached hydrogens (primary N) is 2. The fourth-order valence-electron chi connectivity index (χ4n) is 3.34. The molecule has 0 fully saturated rings. The molecule has 7 N–H and O–H groups in total. The average Bonchev–Trinajstić information content (AvgIpc) is 2.77. The number of nitrogen functional groups attached to an aromatic ring is 1. The van der Waals surface area contributed by atoms with Crippen LogP contribution in [0.15, 0.2) is 65.1 Å². The number of amidine groups is 1. The summed E-state index contributed by atoms with van der Waals surface area (Å²) in [5.74, 6) is -1.70. The number of carbonyl (C=O) groups is 2. The first-order valence-corrected chi connectivity index (χ1v) is 9.35. The number of benzene rings is 2. The summed E-state index contributed by atoms with van der Waals surface area (Å²) in [7, 11) is 0. The standard InChI is InChI=1S/C22H21N5O4/c23-20(24)15-8-6-14(7-9-15)18-19(21(25)30)16(11-31-22(18)27-26)13-4-1-12(2-5-13)3-10-17(28)29/h1-2,4-9,26H,3,10-11H2,(H3,23,24)(H2,25,30)(H,28,29). The molecule has 0 saturated heterocycles. The average molecular weight is 419 g/mol. The number of hydrogen-bond donors (Lipinski definition) is 5. The maximum atomic E-state index is 12.5. The lowest BCUT2D eigenvalue weighted by Crippen LogP contribution is -2.22. The summed E-state index contributed by atoms with van der Waals surface area (Å²) in [6, 6.07) is 13.7. The van der Waals surface area contributed by atoms with Crippen LogP contribution in [0.5, 0.6) is 0 Å². The lowest BCUT2D eigenvalue weighted by atomic mass is 9.88. The number of carbonyl (C=O) groups excluding carboxylic acids is 1. The zero-order valence-electron chi connectivity index (χ0n) is 16.5. The molecule has 31 heavy (non-hydrogen) atoms. The molecule has 1 aliphatic heterocycles. The summed E-state index contributed by atoms with van der Waals surface area (Å²) in [5.41, 5.74) is 22.3. The highest BCUT2D eigenvalue weighted by Crippen LogP contribution is 2.38. The number of nitrogens with zero attached hydrogens (tertiary/aromatic N) is 1. The first-order chi connectivity index (χ1) is 14.8. The lowest BCUT2D eigenvalue weighted by Gasteiger charge is -2.23. The Morgan fingerprint density at radius 1 is 1.03 bits per heavy atom. The number of primary amides is 1. The van der Waals surface area contributed by atoms with Crippen LogP contribution in [-0.4, -0.2) is 29.4 Å². The molecule has 0 aliphatic carbocycles. The maximum Gasteiger partial charge on any atom is 0.303 e. The summed E-state index contributed by atoms with van der Waals surface area (Å²) in [6.45, 7) is -0.000507. The van der Waals surface area contributed by atoms with Crippen molar-refractivity contribution < 1.29 is 19.4 Å². The van der Waals surface area contributed by atoms with Gasteiger partial charge in [-0.15, -0.1) is 5.11 Å². The van der Waals surface area contributed by atoms with Gasteiger partial charge in [-0.05, 0) is 23.1 Å². The van der Waals surface area contributed by atoms with Crippen LogP contribution in [0.4, 0.5) is 0 Å². The number of aryl methyl sites for hydroxylation is 1. The van der Waals surface area contributed by atoms with Gasteiger partial charge in [0.25, 0.3) is 0 Å². The van der Waals surface area contributed by atoms with Crippen molar-refractivity contribution in [2.24, 2.45) is 16.6 Å². The Labute approximate surface area is 178 Å². The van der Waals surface area contributed by atoms with Crippen LogP contribution in [0.1, 0.15) is 28.7 Å². The van der Waals surface area contributed by atoms with Gasteiger partial charge in [-0.3, -0.25) is 15.0 Å². The van der Waals surface area contributed by atoms with Gasteiger partial charge in [0.2, 0.25) is 11.8 Å². The minimum Gasteiger partial charge on any atom is -0.481 e. The normalized spacial score (nSPS) is 13.5. The van der Waals surface area contributed by atoms with E-state index in [2.05, 4.69) is 5.11 Å². The Hall–Kier alpha value is -4.27. The Morgan fingerprint density at radius 3 is 2.16 bits per heavy atom. The summed E-state index contributed by atoms with van der Waals surface area (Å²) in [5, 5.41) is 19.8. The fourth-order valence-corrected chi connectivity index (χ4v) is 3.34. The quantitative estimate of drug-likeness (QED) is 0.250. The number of rotatable bonds is 8. The van der Waals surface area contributed by atoms with Gasteiger partial charge in [0.15, 0.2) is 0 Å². The highest BCUT2D eigenvalue weighted by atomic mass is 16.5. The Balaban J connectivity index is 2.08. The second-order valence-electron chi connectivity index (χ2n) is 6.88. The fraction of sp³-hybridized carbons (Fsp3) is 0.136. The van der Waals surface area contributed by atoms with Crippen LogP contribution in [0.25, 0.3) is 11.1 Å². The van der Waals surface area contributed by atoms with Gasteiger partial charge in [-0.2, -0.15) is 0 Å². The number of carboxylic acid groups (broad SMARTS) is 1. The first-order valence-electron chi connectivity index (χ1n) is 9.35.